The second-order valence-corrected chi connectivity index (χ2v) is 8.84. The normalized spacial score (nSPS) is 16.5. The van der Waals surface area contributed by atoms with Crippen molar-refractivity contribution in [3.8, 4) is 11.5 Å². The lowest BCUT2D eigenvalue weighted by Crippen LogP contribution is -2.30. The summed E-state index contributed by atoms with van der Waals surface area (Å²) in [5, 5.41) is 11.8. The number of benzene rings is 2. The molecule has 4 heterocycles. The van der Waals surface area contributed by atoms with Gasteiger partial charge in [-0.3, -0.25) is 4.79 Å². The van der Waals surface area contributed by atoms with Crippen LogP contribution in [0.1, 0.15) is 27.4 Å². The molecule has 0 aliphatic carbocycles. The third-order valence-electron chi connectivity index (χ3n) is 6.06. The molecule has 39 heavy (non-hydrogen) atoms. The van der Waals surface area contributed by atoms with Crippen LogP contribution in [0.15, 0.2) is 87.6 Å². The van der Waals surface area contributed by atoms with Crippen molar-refractivity contribution in [2.75, 3.05) is 14.2 Å². The molecule has 3 aromatic heterocycles. The lowest BCUT2D eigenvalue weighted by Gasteiger charge is -2.27. The molecular formula is C28H22N2O8S. The van der Waals surface area contributed by atoms with E-state index in [0.29, 0.717) is 46.0 Å². The van der Waals surface area contributed by atoms with Crippen molar-refractivity contribution in [3.63, 3.8) is 0 Å². The smallest absolute Gasteiger partial charge is 0.342 e. The largest absolute Gasteiger partial charge is 0.497 e. The third kappa shape index (κ3) is 5.05. The monoisotopic (exact) mass is 546 g/mol. The second-order valence-electron chi connectivity index (χ2n) is 8.31. The van der Waals surface area contributed by atoms with Crippen molar-refractivity contribution >= 4 is 40.6 Å². The van der Waals surface area contributed by atoms with Crippen LogP contribution in [0.4, 0.5) is 0 Å². The van der Waals surface area contributed by atoms with E-state index in [4.69, 9.17) is 18.6 Å². The highest BCUT2D eigenvalue weighted by Gasteiger charge is 2.50. The lowest BCUT2D eigenvalue weighted by molar-refractivity contribution is -0.185. The summed E-state index contributed by atoms with van der Waals surface area (Å²) in [6, 6.07) is 17.0. The number of furan rings is 2. The average Bonchev–Trinajstić information content (AvgIpc) is 3.77. The fourth-order valence-corrected chi connectivity index (χ4v) is 4.74. The summed E-state index contributed by atoms with van der Waals surface area (Å²) in [5.41, 5.74) is 2.76. The van der Waals surface area contributed by atoms with E-state index in [1.807, 2.05) is 0 Å². The predicted molar refractivity (Wildman–Crippen MR) is 140 cm³/mol. The molecule has 0 amide bonds. The first-order chi connectivity index (χ1) is 19.0. The quantitative estimate of drug-likeness (QED) is 0.224. The molecule has 2 aromatic carbocycles. The van der Waals surface area contributed by atoms with Crippen molar-refractivity contribution in [3.05, 3.63) is 101 Å². The Bertz CT molecular complexity index is 1640. The highest BCUT2D eigenvalue weighted by molar-refractivity contribution is 7.00. The molecule has 0 fully saturated rings. The van der Waals surface area contributed by atoms with Crippen LogP contribution < -0.4 is 9.47 Å². The maximum Gasteiger partial charge on any atom is 0.342 e. The maximum absolute atomic E-state index is 13.2. The first kappa shape index (κ1) is 25.9. The number of rotatable bonds is 7. The zero-order valence-electron chi connectivity index (χ0n) is 20.8. The molecule has 1 aliphatic rings. The Morgan fingerprint density at radius 1 is 0.974 bits per heavy atom. The number of nitrogens with zero attached hydrogens (tertiary/aromatic N) is 2. The molecule has 5 aromatic rings. The maximum atomic E-state index is 13.2. The van der Waals surface area contributed by atoms with Gasteiger partial charge >= 0.3 is 5.97 Å². The van der Waals surface area contributed by atoms with Crippen molar-refractivity contribution in [1.82, 2.24) is 8.75 Å². The van der Waals surface area contributed by atoms with Gasteiger partial charge in [0.2, 0.25) is 0 Å². The van der Waals surface area contributed by atoms with E-state index in [1.165, 1.54) is 26.7 Å². The molecule has 11 heteroatoms. The fourth-order valence-electron chi connectivity index (χ4n) is 4.22. The SMILES string of the molecule is COc1ccc(OC)c(C2(O)OC(=O)C(c3ccc4nsnc4c3)=C2Cc2ccco2)c1.O=Cc1ccco1. The topological polar surface area (TPSA) is 134 Å². The van der Waals surface area contributed by atoms with Gasteiger partial charge in [-0.2, -0.15) is 8.75 Å². The summed E-state index contributed by atoms with van der Waals surface area (Å²) in [6.45, 7) is 0. The molecule has 1 N–H and O–H groups in total. The Hall–Kier alpha value is -4.74. The van der Waals surface area contributed by atoms with Crippen LogP contribution >= 0.6 is 11.7 Å². The van der Waals surface area contributed by atoms with Gasteiger partial charge in [0.25, 0.3) is 5.79 Å². The number of aromatic nitrogens is 2. The van der Waals surface area contributed by atoms with Gasteiger partial charge in [0.15, 0.2) is 12.0 Å². The molecule has 198 valence electrons. The third-order valence-corrected chi connectivity index (χ3v) is 6.62. The van der Waals surface area contributed by atoms with E-state index in [0.717, 1.165) is 17.2 Å². The number of ether oxygens (including phenoxy) is 3. The van der Waals surface area contributed by atoms with E-state index in [-0.39, 0.29) is 17.6 Å². The zero-order valence-corrected chi connectivity index (χ0v) is 21.6. The Labute approximate surface area is 226 Å². The van der Waals surface area contributed by atoms with E-state index < -0.39 is 11.8 Å². The van der Waals surface area contributed by atoms with Gasteiger partial charge in [-0.1, -0.05) is 6.07 Å². The number of esters is 1. The van der Waals surface area contributed by atoms with E-state index in [2.05, 4.69) is 13.2 Å². The number of cyclic esters (lactones) is 1. The zero-order chi connectivity index (χ0) is 27.4. The molecule has 0 bridgehead atoms. The van der Waals surface area contributed by atoms with Crippen LogP contribution in [-0.2, 0) is 21.7 Å². The molecular weight excluding hydrogens is 524 g/mol. The van der Waals surface area contributed by atoms with Gasteiger partial charge < -0.3 is 28.2 Å². The first-order valence-electron chi connectivity index (χ1n) is 11.6. The van der Waals surface area contributed by atoms with Crippen LogP contribution in [0.2, 0.25) is 0 Å². The molecule has 1 atom stereocenters. The van der Waals surface area contributed by atoms with Crippen LogP contribution in [0.25, 0.3) is 16.6 Å². The standard InChI is InChI=1S/C23H18N2O6S.C5H4O2/c1-28-14-6-8-20(29-2)16(11-14)23(27)17(12-15-4-3-9-30-15)21(22(26)31-23)13-5-7-18-19(10-13)25-32-24-18;6-4-5-2-1-3-7-5/h3-11,27H,12H2,1-2H3;1-4H. The second kappa shape index (κ2) is 10.9. The summed E-state index contributed by atoms with van der Waals surface area (Å²) in [6.07, 6.45) is 3.80. The van der Waals surface area contributed by atoms with Gasteiger partial charge in [0.05, 0.1) is 49.6 Å². The number of fused-ring (bicyclic) bond motifs is 1. The number of hydrogen-bond donors (Lipinski definition) is 1. The number of carbonyl (C=O) groups is 2. The number of aliphatic hydroxyl groups is 1. The van der Waals surface area contributed by atoms with Crippen LogP contribution in [0, 0.1) is 0 Å². The van der Waals surface area contributed by atoms with Gasteiger partial charge in [-0.15, -0.1) is 0 Å². The number of methoxy groups -OCH3 is 2. The molecule has 0 saturated carbocycles. The van der Waals surface area contributed by atoms with Gasteiger partial charge in [0, 0.05) is 12.0 Å². The average molecular weight is 547 g/mol. The predicted octanol–water partition coefficient (Wildman–Crippen LogP) is 4.79. The highest BCUT2D eigenvalue weighted by atomic mass is 32.1. The lowest BCUT2D eigenvalue weighted by atomic mass is 9.89. The number of aldehydes is 1. The van der Waals surface area contributed by atoms with Gasteiger partial charge in [-0.25, -0.2) is 4.79 Å². The van der Waals surface area contributed by atoms with Crippen molar-refractivity contribution in [1.29, 1.82) is 0 Å². The first-order valence-corrected chi connectivity index (χ1v) is 12.4. The van der Waals surface area contributed by atoms with E-state index in [1.54, 1.807) is 60.7 Å². The van der Waals surface area contributed by atoms with Crippen molar-refractivity contribution < 1.29 is 37.7 Å². The minimum atomic E-state index is -2.09. The van der Waals surface area contributed by atoms with Crippen LogP contribution in [-0.4, -0.2) is 40.3 Å². The summed E-state index contributed by atoms with van der Waals surface area (Å²) in [5.74, 6) is -0.993. The van der Waals surface area contributed by atoms with E-state index >= 15 is 0 Å². The van der Waals surface area contributed by atoms with Crippen LogP contribution in [0.3, 0.4) is 0 Å². The number of hydrogen-bond acceptors (Lipinski definition) is 11. The van der Waals surface area contributed by atoms with E-state index in [9.17, 15) is 14.7 Å². The summed E-state index contributed by atoms with van der Waals surface area (Å²) in [4.78, 5) is 22.9. The molecule has 0 spiro atoms. The Kier molecular flexibility index (Phi) is 7.26. The van der Waals surface area contributed by atoms with Crippen LogP contribution in [0.5, 0.6) is 11.5 Å². The Morgan fingerprint density at radius 2 is 1.77 bits per heavy atom. The molecule has 1 unspecified atom stereocenters. The summed E-state index contributed by atoms with van der Waals surface area (Å²) < 4.78 is 35.0. The van der Waals surface area contributed by atoms with Crippen molar-refractivity contribution in [2.45, 2.75) is 12.2 Å². The summed E-state index contributed by atoms with van der Waals surface area (Å²) in [7, 11) is 2.99. The minimum absolute atomic E-state index is 0.137. The van der Waals surface area contributed by atoms with Crippen molar-refractivity contribution in [2.24, 2.45) is 0 Å². The number of carbonyl (C=O) groups excluding carboxylic acids is 2. The van der Waals surface area contributed by atoms with Gasteiger partial charge in [-0.05, 0) is 60.2 Å². The van der Waals surface area contributed by atoms with Gasteiger partial charge in [0.1, 0.15) is 28.3 Å². The molecule has 10 nitrogen and oxygen atoms in total. The molecule has 0 radical (unpaired) electrons. The molecule has 0 saturated heterocycles. The molecule has 6 rings (SSSR count). The Balaban J connectivity index is 0.000000384. The minimum Gasteiger partial charge on any atom is -0.497 e. The highest BCUT2D eigenvalue weighted by Crippen LogP contribution is 2.48. The fraction of sp³-hybridized carbons (Fsp3) is 0.143. The summed E-state index contributed by atoms with van der Waals surface area (Å²) >= 11 is 1.09. The molecule has 1 aliphatic heterocycles. The Morgan fingerprint density at radius 3 is 2.44 bits per heavy atom.